The van der Waals surface area contributed by atoms with Crippen LogP contribution in [0.25, 0.3) is 0 Å². The van der Waals surface area contributed by atoms with E-state index in [-0.39, 0.29) is 17.8 Å². The summed E-state index contributed by atoms with van der Waals surface area (Å²) in [6.07, 6.45) is 0. The molecule has 0 aliphatic carbocycles. The Morgan fingerprint density at radius 1 is 1.42 bits per heavy atom. The molecule has 0 aliphatic heterocycles. The first-order valence-electron chi connectivity index (χ1n) is 5.04. The normalized spacial score (nSPS) is 11.0. The molecule has 0 fully saturated rings. The number of nitro benzene ring substituents is 1. The van der Waals surface area contributed by atoms with E-state index < -0.39 is 32.3 Å². The maximum Gasteiger partial charge on any atom is 0.304 e. The highest BCUT2D eigenvalue weighted by Gasteiger charge is 2.22. The Morgan fingerprint density at radius 2 is 2.05 bits per heavy atom. The van der Waals surface area contributed by atoms with Crippen molar-refractivity contribution in [3.8, 4) is 0 Å². The number of sulfonamides is 1. The summed E-state index contributed by atoms with van der Waals surface area (Å²) >= 11 is 0. The Labute approximate surface area is 108 Å². The summed E-state index contributed by atoms with van der Waals surface area (Å²) in [5, 5.41) is 17.8. The molecular formula is C9H12N4O5S. The van der Waals surface area contributed by atoms with Crippen LogP contribution in [0.1, 0.15) is 10.4 Å². The number of rotatable bonds is 5. The summed E-state index contributed by atoms with van der Waals surface area (Å²) < 4.78 is 21.4. The van der Waals surface area contributed by atoms with E-state index in [1.807, 2.05) is 0 Å². The summed E-state index contributed by atoms with van der Waals surface area (Å²) in [5.41, 5.74) is 4.52. The predicted octanol–water partition coefficient (Wildman–Crippen LogP) is -0.805. The van der Waals surface area contributed by atoms with E-state index in [0.29, 0.717) is 0 Å². The number of hydrogen-bond acceptors (Lipinski definition) is 6. The molecule has 0 bridgehead atoms. The van der Waals surface area contributed by atoms with Gasteiger partial charge < -0.3 is 11.1 Å². The fraction of sp³-hybridized carbons (Fsp3) is 0.222. The molecule has 0 atom stereocenters. The van der Waals surface area contributed by atoms with E-state index in [1.54, 1.807) is 0 Å². The minimum absolute atomic E-state index is 0.149. The van der Waals surface area contributed by atoms with Crippen molar-refractivity contribution in [1.82, 2.24) is 5.32 Å². The van der Waals surface area contributed by atoms with Gasteiger partial charge in [-0.15, -0.1) is 0 Å². The first-order valence-corrected chi connectivity index (χ1v) is 6.75. The van der Waals surface area contributed by atoms with Crippen LogP contribution in [0.5, 0.6) is 0 Å². The van der Waals surface area contributed by atoms with Crippen molar-refractivity contribution in [3.05, 3.63) is 33.9 Å². The lowest BCUT2D eigenvalue weighted by atomic mass is 10.1. The van der Waals surface area contributed by atoms with Crippen LogP contribution >= 0.6 is 0 Å². The minimum Gasteiger partial charge on any atom is -0.393 e. The number of primary sulfonamides is 1. The molecule has 0 radical (unpaired) electrons. The molecule has 0 unspecified atom stereocenters. The van der Waals surface area contributed by atoms with Crippen LogP contribution in [0.3, 0.4) is 0 Å². The molecule has 0 heterocycles. The summed E-state index contributed by atoms with van der Waals surface area (Å²) in [4.78, 5) is 21.7. The number of nitrogens with one attached hydrogen (secondary N) is 1. The third-order valence-corrected chi connectivity index (χ3v) is 2.94. The maximum absolute atomic E-state index is 11.7. The Morgan fingerprint density at radius 3 is 2.58 bits per heavy atom. The van der Waals surface area contributed by atoms with E-state index in [4.69, 9.17) is 10.9 Å². The number of nitro groups is 1. The monoisotopic (exact) mass is 288 g/mol. The summed E-state index contributed by atoms with van der Waals surface area (Å²) in [7, 11) is -3.71. The van der Waals surface area contributed by atoms with Crippen molar-refractivity contribution in [2.75, 3.05) is 18.0 Å². The standard InChI is InChI=1S/C9H12N4O5S/c10-7-3-1-2-6(8(7)13(15)16)9(14)12-4-5-19(11,17)18/h1-3H,4-5,10H2,(H,12,14)(H2,11,17,18). The van der Waals surface area contributed by atoms with Gasteiger partial charge in [-0.1, -0.05) is 6.07 Å². The molecule has 0 aliphatic rings. The lowest BCUT2D eigenvalue weighted by molar-refractivity contribution is -0.384. The minimum atomic E-state index is -3.71. The molecule has 0 saturated heterocycles. The summed E-state index contributed by atoms with van der Waals surface area (Å²) in [6, 6.07) is 3.90. The van der Waals surface area contributed by atoms with E-state index in [0.717, 1.165) is 0 Å². The molecule has 10 heteroatoms. The van der Waals surface area contributed by atoms with Gasteiger partial charge in [0.15, 0.2) is 0 Å². The van der Waals surface area contributed by atoms with Crippen LogP contribution < -0.4 is 16.2 Å². The number of nitrogens with zero attached hydrogens (tertiary/aromatic N) is 1. The van der Waals surface area contributed by atoms with Gasteiger partial charge in [-0.2, -0.15) is 0 Å². The first-order chi connectivity index (χ1) is 8.72. The van der Waals surface area contributed by atoms with Gasteiger partial charge in [0.25, 0.3) is 5.91 Å². The Bertz CT molecular complexity index is 613. The number of carbonyl (C=O) groups is 1. The molecule has 1 rings (SSSR count). The molecule has 5 N–H and O–H groups in total. The number of anilines is 1. The van der Waals surface area contributed by atoms with Gasteiger partial charge in [-0.3, -0.25) is 14.9 Å². The van der Waals surface area contributed by atoms with Crippen molar-refractivity contribution in [2.24, 2.45) is 5.14 Å². The molecule has 104 valence electrons. The lowest BCUT2D eigenvalue weighted by Crippen LogP contribution is -2.31. The predicted molar refractivity (Wildman–Crippen MR) is 67.8 cm³/mol. The molecule has 0 aromatic heterocycles. The zero-order valence-electron chi connectivity index (χ0n) is 9.70. The molecule has 9 nitrogen and oxygen atoms in total. The van der Waals surface area contributed by atoms with Gasteiger partial charge in [0.1, 0.15) is 11.3 Å². The number of carbonyl (C=O) groups excluding carboxylic acids is 1. The number of nitrogens with two attached hydrogens (primary N) is 2. The SMILES string of the molecule is Nc1cccc(C(=O)NCCS(N)(=O)=O)c1[N+](=O)[O-]. The zero-order valence-corrected chi connectivity index (χ0v) is 10.5. The third kappa shape index (κ3) is 4.19. The number of benzene rings is 1. The smallest absolute Gasteiger partial charge is 0.304 e. The van der Waals surface area contributed by atoms with Crippen molar-refractivity contribution in [1.29, 1.82) is 0 Å². The zero-order chi connectivity index (χ0) is 14.6. The average molecular weight is 288 g/mol. The molecule has 0 saturated carbocycles. The topological polar surface area (TPSA) is 158 Å². The summed E-state index contributed by atoms with van der Waals surface area (Å²) in [6.45, 7) is -0.246. The molecular weight excluding hydrogens is 276 g/mol. The number of amides is 1. The van der Waals surface area contributed by atoms with Crippen molar-refractivity contribution >= 4 is 27.3 Å². The van der Waals surface area contributed by atoms with E-state index >= 15 is 0 Å². The number of nitrogen functional groups attached to an aromatic ring is 1. The highest BCUT2D eigenvalue weighted by Crippen LogP contribution is 2.25. The maximum atomic E-state index is 11.7. The Balaban J connectivity index is 2.89. The second-order valence-electron chi connectivity index (χ2n) is 3.62. The first kappa shape index (κ1) is 14.9. The fourth-order valence-electron chi connectivity index (χ4n) is 1.35. The number of hydrogen-bond donors (Lipinski definition) is 3. The number of para-hydroxylation sites is 1. The van der Waals surface area contributed by atoms with Gasteiger partial charge in [-0.25, -0.2) is 13.6 Å². The van der Waals surface area contributed by atoms with Crippen LogP contribution in [-0.2, 0) is 10.0 Å². The van der Waals surface area contributed by atoms with Crippen LogP contribution in [0.4, 0.5) is 11.4 Å². The second-order valence-corrected chi connectivity index (χ2v) is 5.36. The second kappa shape index (κ2) is 5.63. The lowest BCUT2D eigenvalue weighted by Gasteiger charge is -2.06. The van der Waals surface area contributed by atoms with E-state index in [1.165, 1.54) is 18.2 Å². The largest absolute Gasteiger partial charge is 0.393 e. The summed E-state index contributed by atoms with van der Waals surface area (Å²) in [5.74, 6) is -1.25. The highest BCUT2D eigenvalue weighted by atomic mass is 32.2. The van der Waals surface area contributed by atoms with Crippen LogP contribution in [-0.4, -0.2) is 31.5 Å². The van der Waals surface area contributed by atoms with Gasteiger partial charge in [0.2, 0.25) is 10.0 Å². The molecule has 1 amide bonds. The van der Waals surface area contributed by atoms with Crippen LogP contribution in [0, 0.1) is 10.1 Å². The quantitative estimate of drug-likeness (QED) is 0.365. The van der Waals surface area contributed by atoms with Crippen molar-refractivity contribution in [2.45, 2.75) is 0 Å². The van der Waals surface area contributed by atoms with Crippen LogP contribution in [0.2, 0.25) is 0 Å². The van der Waals surface area contributed by atoms with Gasteiger partial charge in [0, 0.05) is 6.54 Å². The Hall–Kier alpha value is -2.20. The Kier molecular flexibility index (Phi) is 4.40. The van der Waals surface area contributed by atoms with Gasteiger partial charge >= 0.3 is 5.69 Å². The molecule has 19 heavy (non-hydrogen) atoms. The van der Waals surface area contributed by atoms with Crippen molar-refractivity contribution < 1.29 is 18.1 Å². The fourth-order valence-corrected chi connectivity index (χ4v) is 1.74. The highest BCUT2D eigenvalue weighted by molar-refractivity contribution is 7.89. The molecule has 1 aromatic rings. The van der Waals surface area contributed by atoms with Gasteiger partial charge in [0.05, 0.1) is 10.7 Å². The van der Waals surface area contributed by atoms with E-state index in [2.05, 4.69) is 5.32 Å². The van der Waals surface area contributed by atoms with Crippen LogP contribution in [0.15, 0.2) is 18.2 Å². The van der Waals surface area contributed by atoms with Gasteiger partial charge in [-0.05, 0) is 12.1 Å². The van der Waals surface area contributed by atoms with Crippen molar-refractivity contribution in [3.63, 3.8) is 0 Å². The molecule has 1 aromatic carbocycles. The van der Waals surface area contributed by atoms with E-state index in [9.17, 15) is 23.3 Å². The third-order valence-electron chi connectivity index (χ3n) is 2.17. The average Bonchev–Trinajstić information content (AvgIpc) is 2.26. The molecule has 0 spiro atoms.